The first-order valence-electron chi connectivity index (χ1n) is 12.5. The maximum absolute atomic E-state index is 13.0. The molecule has 1 aliphatic rings. The number of aryl methyl sites for hydroxylation is 1. The van der Waals surface area contributed by atoms with Crippen LogP contribution < -0.4 is 5.32 Å². The molecule has 4 aromatic rings. The quantitative estimate of drug-likeness (QED) is 0.361. The zero-order valence-electron chi connectivity index (χ0n) is 21.5. The van der Waals surface area contributed by atoms with Crippen molar-refractivity contribution < 1.29 is 8.42 Å². The first-order chi connectivity index (χ1) is 18.3. The van der Waals surface area contributed by atoms with Gasteiger partial charge in [0.15, 0.2) is 0 Å². The fourth-order valence-electron chi connectivity index (χ4n) is 4.72. The number of aromatic nitrogens is 2. The Bertz CT molecular complexity index is 1640. The summed E-state index contributed by atoms with van der Waals surface area (Å²) in [5, 5.41) is 14.3. The van der Waals surface area contributed by atoms with Crippen molar-refractivity contribution in [2.24, 2.45) is 0 Å². The van der Waals surface area contributed by atoms with Gasteiger partial charge in [-0.3, -0.25) is 4.98 Å². The number of sulfonamides is 1. The summed E-state index contributed by atoms with van der Waals surface area (Å²) < 4.78 is 27.5. The minimum Gasteiger partial charge on any atom is -0.361 e. The number of likely N-dealkylation sites (N-methyl/N-ethyl adjacent to an activating group) is 1. The number of nitriles is 1. The Balaban J connectivity index is 1.39. The molecule has 0 atom stereocenters. The minimum atomic E-state index is -3.39. The van der Waals surface area contributed by atoms with Crippen LogP contribution in [0.5, 0.6) is 0 Å². The van der Waals surface area contributed by atoms with Crippen molar-refractivity contribution in [1.82, 2.24) is 19.2 Å². The second-order valence-electron chi connectivity index (χ2n) is 9.60. The van der Waals surface area contributed by atoms with Gasteiger partial charge in [0.2, 0.25) is 10.0 Å². The molecule has 8 nitrogen and oxygen atoms in total. The maximum atomic E-state index is 13.0. The summed E-state index contributed by atoms with van der Waals surface area (Å²) in [6.45, 7) is 4.57. The highest BCUT2D eigenvalue weighted by atomic mass is 32.2. The summed E-state index contributed by atoms with van der Waals surface area (Å²) in [7, 11) is -1.38. The van der Waals surface area contributed by atoms with Gasteiger partial charge in [-0.05, 0) is 48.9 Å². The molecule has 194 valence electrons. The first kappa shape index (κ1) is 25.7. The third-order valence-corrected chi connectivity index (χ3v) is 8.82. The minimum absolute atomic E-state index is 0.0302. The molecule has 5 rings (SSSR count). The largest absolute Gasteiger partial charge is 0.361 e. The van der Waals surface area contributed by atoms with E-state index in [1.54, 1.807) is 16.7 Å². The summed E-state index contributed by atoms with van der Waals surface area (Å²) in [5.74, 6) is -0.0302. The van der Waals surface area contributed by atoms with Crippen LogP contribution in [0.2, 0.25) is 0 Å². The van der Waals surface area contributed by atoms with E-state index >= 15 is 0 Å². The van der Waals surface area contributed by atoms with Gasteiger partial charge in [0.25, 0.3) is 0 Å². The molecule has 2 aromatic heterocycles. The molecule has 3 heterocycles. The van der Waals surface area contributed by atoms with Crippen molar-refractivity contribution in [1.29, 1.82) is 5.26 Å². The third-order valence-electron chi connectivity index (χ3n) is 6.97. The molecule has 0 radical (unpaired) electrons. The van der Waals surface area contributed by atoms with Gasteiger partial charge in [0, 0.05) is 66.9 Å². The smallest absolute Gasteiger partial charge is 0.218 e. The van der Waals surface area contributed by atoms with Crippen LogP contribution in [0.4, 0.5) is 11.4 Å². The fourth-order valence-corrected chi connectivity index (χ4v) is 6.23. The lowest BCUT2D eigenvalue weighted by Gasteiger charge is -2.31. The number of hydrogen-bond donors (Lipinski definition) is 2. The summed E-state index contributed by atoms with van der Waals surface area (Å²) in [5.41, 5.74) is 6.52. The highest BCUT2D eigenvalue weighted by Gasteiger charge is 2.25. The van der Waals surface area contributed by atoms with Crippen molar-refractivity contribution >= 4 is 44.5 Å². The predicted molar refractivity (Wildman–Crippen MR) is 152 cm³/mol. The van der Waals surface area contributed by atoms with E-state index in [9.17, 15) is 13.7 Å². The fraction of sp³-hybridized carbons (Fsp3) is 0.241. The van der Waals surface area contributed by atoms with E-state index in [0.29, 0.717) is 24.3 Å². The number of benzene rings is 2. The summed E-state index contributed by atoms with van der Waals surface area (Å²) in [6.07, 6.45) is 8.98. The van der Waals surface area contributed by atoms with Crippen LogP contribution >= 0.6 is 0 Å². The van der Waals surface area contributed by atoms with E-state index in [1.165, 1.54) is 0 Å². The van der Waals surface area contributed by atoms with Gasteiger partial charge in [0.1, 0.15) is 6.07 Å². The Morgan fingerprint density at radius 1 is 1.11 bits per heavy atom. The van der Waals surface area contributed by atoms with Crippen LogP contribution in [0.15, 0.2) is 61.1 Å². The lowest BCUT2D eigenvalue weighted by molar-refractivity contribution is 0.222. The SMILES string of the molecule is Cc1c(Nc2c(C#N)cncc2C=Cc2cccc(CS(=O)(=O)N3CCN(C)CC3)c2)ccc2[nH]ccc12. The van der Waals surface area contributed by atoms with E-state index in [4.69, 9.17) is 0 Å². The van der Waals surface area contributed by atoms with Gasteiger partial charge in [0.05, 0.1) is 17.0 Å². The summed E-state index contributed by atoms with van der Waals surface area (Å²) >= 11 is 0. The normalized spacial score (nSPS) is 15.2. The topological polar surface area (TPSA) is 105 Å². The highest BCUT2D eigenvalue weighted by Crippen LogP contribution is 2.31. The number of H-pyrrole nitrogens is 1. The van der Waals surface area contributed by atoms with Gasteiger partial charge in [-0.2, -0.15) is 9.57 Å². The zero-order chi connectivity index (χ0) is 26.7. The van der Waals surface area contributed by atoms with Gasteiger partial charge < -0.3 is 15.2 Å². The average Bonchev–Trinajstić information content (AvgIpc) is 3.39. The molecule has 1 fully saturated rings. The first-order valence-corrected chi connectivity index (χ1v) is 14.1. The predicted octanol–water partition coefficient (Wildman–Crippen LogP) is 4.73. The molecule has 0 aliphatic carbocycles. The number of fused-ring (bicyclic) bond motifs is 1. The van der Waals surface area contributed by atoms with Gasteiger partial charge in [-0.25, -0.2) is 8.42 Å². The highest BCUT2D eigenvalue weighted by molar-refractivity contribution is 7.88. The second-order valence-corrected chi connectivity index (χ2v) is 11.6. The number of pyridine rings is 1. The number of rotatable bonds is 7. The van der Waals surface area contributed by atoms with Gasteiger partial charge in [-0.15, -0.1) is 0 Å². The number of anilines is 2. The molecule has 0 unspecified atom stereocenters. The second kappa shape index (κ2) is 10.8. The van der Waals surface area contributed by atoms with Crippen LogP contribution in [-0.4, -0.2) is 60.8 Å². The lowest BCUT2D eigenvalue weighted by atomic mass is 10.1. The Morgan fingerprint density at radius 2 is 1.92 bits per heavy atom. The van der Waals surface area contributed by atoms with Gasteiger partial charge in [-0.1, -0.05) is 36.4 Å². The molecular weight excluding hydrogens is 496 g/mol. The molecule has 2 aromatic carbocycles. The molecular formula is C29H30N6O2S. The van der Waals surface area contributed by atoms with Crippen LogP contribution in [0, 0.1) is 18.3 Å². The van der Waals surface area contributed by atoms with Crippen molar-refractivity contribution in [2.45, 2.75) is 12.7 Å². The molecule has 0 amide bonds. The zero-order valence-corrected chi connectivity index (χ0v) is 22.3. The number of nitrogens with one attached hydrogen (secondary N) is 2. The number of aromatic amines is 1. The molecule has 0 saturated carbocycles. The summed E-state index contributed by atoms with van der Waals surface area (Å²) in [6, 6.07) is 15.8. The Kier molecular flexibility index (Phi) is 7.29. The molecule has 1 aliphatic heterocycles. The van der Waals surface area contributed by atoms with Crippen LogP contribution in [0.3, 0.4) is 0 Å². The third kappa shape index (κ3) is 5.48. The monoisotopic (exact) mass is 526 g/mol. The average molecular weight is 527 g/mol. The van der Waals surface area contributed by atoms with Crippen molar-refractivity contribution in [3.8, 4) is 6.07 Å². The molecule has 38 heavy (non-hydrogen) atoms. The van der Waals surface area contributed by atoms with Gasteiger partial charge >= 0.3 is 0 Å². The van der Waals surface area contributed by atoms with Crippen molar-refractivity contribution in [3.63, 3.8) is 0 Å². The number of hydrogen-bond acceptors (Lipinski definition) is 6. The van der Waals surface area contributed by atoms with E-state index in [-0.39, 0.29) is 5.75 Å². The maximum Gasteiger partial charge on any atom is 0.218 e. The molecule has 1 saturated heterocycles. The lowest BCUT2D eigenvalue weighted by Crippen LogP contribution is -2.47. The standard InChI is InChI=1S/C29H30N6O2S/c1-21-26-10-11-32-28(26)9-8-27(21)33-29-24(18-31-19-25(29)17-30)7-6-22-4-3-5-23(16-22)20-38(36,37)35-14-12-34(2)13-15-35/h3-11,16,18-19,32H,12-15,20H2,1-2H3,(H,31,33). The number of piperazine rings is 1. The van der Waals surface area contributed by atoms with Crippen LogP contribution in [0.25, 0.3) is 23.1 Å². The summed E-state index contributed by atoms with van der Waals surface area (Å²) in [4.78, 5) is 9.60. The molecule has 0 bridgehead atoms. The Morgan fingerprint density at radius 3 is 2.71 bits per heavy atom. The molecule has 0 spiro atoms. The van der Waals surface area contributed by atoms with Crippen molar-refractivity contribution in [2.75, 3.05) is 38.5 Å². The Labute approximate surface area is 223 Å². The van der Waals surface area contributed by atoms with Crippen LogP contribution in [-0.2, 0) is 15.8 Å². The van der Waals surface area contributed by atoms with Crippen LogP contribution in [0.1, 0.15) is 27.8 Å². The molecule has 2 N–H and O–H groups in total. The van der Waals surface area contributed by atoms with E-state index < -0.39 is 10.0 Å². The van der Waals surface area contributed by atoms with E-state index in [1.807, 2.05) is 74.8 Å². The van der Waals surface area contributed by atoms with E-state index in [0.717, 1.165) is 51.9 Å². The van der Waals surface area contributed by atoms with Crippen molar-refractivity contribution in [3.05, 3.63) is 88.9 Å². The Hall–Kier alpha value is -3.97. The molecule has 9 heteroatoms. The van der Waals surface area contributed by atoms with E-state index in [2.05, 4.69) is 26.3 Å². The number of nitrogens with zero attached hydrogens (tertiary/aromatic N) is 4.